The SMILES string of the molecule is CC(=O)OC[C@H]1O[C@@H](NC(=O)c2ccccc2)C(=O)CC1Sc1ccc(Cl)cc1. The third-order valence-electron chi connectivity index (χ3n) is 4.27. The number of ether oxygens (including phenoxy) is 2. The Hall–Kier alpha value is -2.35. The van der Waals surface area contributed by atoms with Crippen molar-refractivity contribution in [3.63, 3.8) is 0 Å². The predicted octanol–water partition coefficient (Wildman–Crippen LogP) is 3.48. The van der Waals surface area contributed by atoms with Gasteiger partial charge in [0, 0.05) is 34.1 Å². The van der Waals surface area contributed by atoms with Gasteiger partial charge in [0.25, 0.3) is 5.91 Å². The molecule has 1 N–H and O–H groups in total. The minimum Gasteiger partial charge on any atom is -0.463 e. The highest BCUT2D eigenvalue weighted by Gasteiger charge is 2.39. The smallest absolute Gasteiger partial charge is 0.302 e. The van der Waals surface area contributed by atoms with Crippen molar-refractivity contribution < 1.29 is 23.9 Å². The Bertz CT molecular complexity index is 874. The number of hydrogen-bond donors (Lipinski definition) is 1. The second-order valence-corrected chi connectivity index (χ2v) is 8.23. The zero-order valence-corrected chi connectivity index (χ0v) is 17.2. The van der Waals surface area contributed by atoms with Crippen molar-refractivity contribution in [1.29, 1.82) is 0 Å². The maximum Gasteiger partial charge on any atom is 0.302 e. The Morgan fingerprint density at radius 3 is 2.52 bits per heavy atom. The topological polar surface area (TPSA) is 81.7 Å². The molecule has 1 aliphatic rings. The Morgan fingerprint density at radius 1 is 1.17 bits per heavy atom. The standard InChI is InChI=1S/C21H20ClNO5S/c1-13(24)27-12-18-19(29-16-9-7-15(22)8-10-16)11-17(25)21(28-18)23-20(26)14-5-3-2-4-6-14/h2-10,18-19,21H,11-12H2,1H3,(H,23,26)/t18-,19?,21-/m1/s1. The van der Waals surface area contributed by atoms with E-state index in [9.17, 15) is 14.4 Å². The molecule has 0 aromatic heterocycles. The molecular weight excluding hydrogens is 414 g/mol. The average Bonchev–Trinajstić information content (AvgIpc) is 2.71. The summed E-state index contributed by atoms with van der Waals surface area (Å²) in [5.41, 5.74) is 0.429. The number of hydrogen-bond acceptors (Lipinski definition) is 6. The maximum absolute atomic E-state index is 12.6. The van der Waals surface area contributed by atoms with Gasteiger partial charge in [-0.3, -0.25) is 14.4 Å². The van der Waals surface area contributed by atoms with Gasteiger partial charge >= 0.3 is 5.97 Å². The lowest BCUT2D eigenvalue weighted by Crippen LogP contribution is -2.53. The quantitative estimate of drug-likeness (QED) is 0.702. The molecule has 1 saturated heterocycles. The zero-order valence-electron chi connectivity index (χ0n) is 15.7. The molecule has 1 unspecified atom stereocenters. The number of carbonyl (C=O) groups excluding carboxylic acids is 3. The number of benzene rings is 2. The Labute approximate surface area is 177 Å². The van der Waals surface area contributed by atoms with E-state index in [0.29, 0.717) is 10.6 Å². The van der Waals surface area contributed by atoms with E-state index in [1.807, 2.05) is 12.1 Å². The van der Waals surface area contributed by atoms with Gasteiger partial charge in [-0.25, -0.2) is 0 Å². The summed E-state index contributed by atoms with van der Waals surface area (Å²) in [5, 5.41) is 2.96. The van der Waals surface area contributed by atoms with Gasteiger partial charge in [0.1, 0.15) is 12.7 Å². The number of nitrogens with one attached hydrogen (secondary N) is 1. The molecule has 29 heavy (non-hydrogen) atoms. The highest BCUT2D eigenvalue weighted by atomic mass is 35.5. The van der Waals surface area contributed by atoms with E-state index in [1.54, 1.807) is 42.5 Å². The van der Waals surface area contributed by atoms with Crippen LogP contribution in [-0.2, 0) is 19.1 Å². The van der Waals surface area contributed by atoms with Crippen molar-refractivity contribution in [1.82, 2.24) is 5.32 Å². The molecule has 0 aliphatic carbocycles. The van der Waals surface area contributed by atoms with Crippen molar-refractivity contribution in [2.45, 2.75) is 35.8 Å². The third-order valence-corrected chi connectivity index (χ3v) is 5.84. The van der Waals surface area contributed by atoms with Crippen LogP contribution in [0.4, 0.5) is 0 Å². The van der Waals surface area contributed by atoms with E-state index in [-0.39, 0.29) is 24.1 Å². The average molecular weight is 434 g/mol. The fourth-order valence-electron chi connectivity index (χ4n) is 2.83. The molecule has 3 rings (SSSR count). The van der Waals surface area contributed by atoms with Crippen LogP contribution in [0, 0.1) is 0 Å². The van der Waals surface area contributed by atoms with Crippen molar-refractivity contribution >= 4 is 41.0 Å². The van der Waals surface area contributed by atoms with Gasteiger partial charge in [0.2, 0.25) is 0 Å². The molecular formula is C21H20ClNO5S. The highest BCUT2D eigenvalue weighted by Crippen LogP contribution is 2.33. The number of amides is 1. The lowest BCUT2D eigenvalue weighted by molar-refractivity contribution is -0.156. The summed E-state index contributed by atoms with van der Waals surface area (Å²) in [6, 6.07) is 15.8. The van der Waals surface area contributed by atoms with Gasteiger partial charge in [-0.05, 0) is 36.4 Å². The van der Waals surface area contributed by atoms with Crippen molar-refractivity contribution in [3.05, 3.63) is 65.2 Å². The van der Waals surface area contributed by atoms with E-state index in [0.717, 1.165) is 4.90 Å². The van der Waals surface area contributed by atoms with Crippen LogP contribution in [0.5, 0.6) is 0 Å². The molecule has 6 nitrogen and oxygen atoms in total. The zero-order chi connectivity index (χ0) is 20.8. The second kappa shape index (κ2) is 9.91. The molecule has 2 aromatic rings. The summed E-state index contributed by atoms with van der Waals surface area (Å²) in [6.45, 7) is 1.30. The van der Waals surface area contributed by atoms with Crippen molar-refractivity contribution in [3.8, 4) is 0 Å². The van der Waals surface area contributed by atoms with Crippen LogP contribution in [0.3, 0.4) is 0 Å². The third kappa shape index (κ3) is 6.06. The number of ketones is 1. The summed E-state index contributed by atoms with van der Waals surface area (Å²) < 4.78 is 11.0. The predicted molar refractivity (Wildman–Crippen MR) is 110 cm³/mol. The summed E-state index contributed by atoms with van der Waals surface area (Å²) in [6.07, 6.45) is -1.48. The monoisotopic (exact) mass is 433 g/mol. The molecule has 1 aliphatic heterocycles. The number of esters is 1. The Kier molecular flexibility index (Phi) is 7.30. The molecule has 1 amide bonds. The van der Waals surface area contributed by atoms with Crippen LogP contribution in [-0.4, -0.2) is 41.8 Å². The largest absolute Gasteiger partial charge is 0.463 e. The Morgan fingerprint density at radius 2 is 1.86 bits per heavy atom. The minimum absolute atomic E-state index is 0.00836. The number of Topliss-reactive ketones (excluding diaryl/α,β-unsaturated/α-hetero) is 1. The fraction of sp³-hybridized carbons (Fsp3) is 0.286. The van der Waals surface area contributed by atoms with E-state index < -0.39 is 24.2 Å². The van der Waals surface area contributed by atoms with Crippen LogP contribution < -0.4 is 5.32 Å². The maximum atomic E-state index is 12.6. The first-order valence-electron chi connectivity index (χ1n) is 9.02. The number of halogens is 1. The molecule has 3 atom stereocenters. The number of thioether (sulfide) groups is 1. The summed E-state index contributed by atoms with van der Waals surface area (Å²) in [7, 11) is 0. The summed E-state index contributed by atoms with van der Waals surface area (Å²) in [4.78, 5) is 37.2. The van der Waals surface area contributed by atoms with Crippen LogP contribution in [0.15, 0.2) is 59.5 Å². The molecule has 0 spiro atoms. The van der Waals surface area contributed by atoms with Crippen LogP contribution in [0.1, 0.15) is 23.7 Å². The van der Waals surface area contributed by atoms with Gasteiger partial charge in [-0.15, -0.1) is 11.8 Å². The van der Waals surface area contributed by atoms with Crippen LogP contribution >= 0.6 is 23.4 Å². The van der Waals surface area contributed by atoms with Crippen LogP contribution in [0.2, 0.25) is 5.02 Å². The Balaban J connectivity index is 1.70. The minimum atomic E-state index is -1.09. The molecule has 0 bridgehead atoms. The van der Waals surface area contributed by atoms with E-state index in [1.165, 1.54) is 18.7 Å². The molecule has 0 radical (unpaired) electrons. The van der Waals surface area contributed by atoms with Gasteiger partial charge in [-0.1, -0.05) is 29.8 Å². The van der Waals surface area contributed by atoms with E-state index in [2.05, 4.69) is 5.32 Å². The molecule has 152 valence electrons. The normalized spacial score (nSPS) is 21.4. The van der Waals surface area contributed by atoms with Crippen LogP contribution in [0.25, 0.3) is 0 Å². The summed E-state index contributed by atoms with van der Waals surface area (Å²) >= 11 is 7.37. The lowest BCUT2D eigenvalue weighted by atomic mass is 10.1. The number of carbonyl (C=O) groups is 3. The summed E-state index contributed by atoms with van der Waals surface area (Å²) in [5.74, 6) is -1.08. The van der Waals surface area contributed by atoms with Gasteiger partial charge in [0.15, 0.2) is 12.0 Å². The van der Waals surface area contributed by atoms with E-state index in [4.69, 9.17) is 21.1 Å². The van der Waals surface area contributed by atoms with Gasteiger partial charge < -0.3 is 14.8 Å². The number of rotatable bonds is 6. The first-order chi connectivity index (χ1) is 13.9. The molecule has 1 heterocycles. The van der Waals surface area contributed by atoms with Gasteiger partial charge in [-0.2, -0.15) is 0 Å². The fourth-order valence-corrected chi connectivity index (χ4v) is 4.14. The highest BCUT2D eigenvalue weighted by molar-refractivity contribution is 8.00. The van der Waals surface area contributed by atoms with Crippen molar-refractivity contribution in [2.24, 2.45) is 0 Å². The van der Waals surface area contributed by atoms with Gasteiger partial charge in [0.05, 0.1) is 0 Å². The molecule has 0 saturated carbocycles. The molecule has 2 aromatic carbocycles. The lowest BCUT2D eigenvalue weighted by Gasteiger charge is -2.35. The first kappa shape index (κ1) is 21.4. The van der Waals surface area contributed by atoms with E-state index >= 15 is 0 Å². The second-order valence-electron chi connectivity index (χ2n) is 6.48. The van der Waals surface area contributed by atoms with Crippen molar-refractivity contribution in [2.75, 3.05) is 6.61 Å². The molecule has 8 heteroatoms. The first-order valence-corrected chi connectivity index (χ1v) is 10.3. The molecule has 1 fully saturated rings.